The molecule has 0 radical (unpaired) electrons. The highest BCUT2D eigenvalue weighted by atomic mass is 32.2. The zero-order valence-electron chi connectivity index (χ0n) is 10.7. The molecule has 0 aliphatic heterocycles. The van der Waals surface area contributed by atoms with E-state index in [1.807, 2.05) is 11.4 Å². The minimum atomic E-state index is -3.19. The van der Waals surface area contributed by atoms with Crippen molar-refractivity contribution in [2.24, 2.45) is 5.73 Å². The SMILES string of the molecule is NCC#Cc1ccsc1CNS(=O)(=O)C1CCCC1. The van der Waals surface area contributed by atoms with Gasteiger partial charge in [0.15, 0.2) is 0 Å². The number of hydrogen-bond donors (Lipinski definition) is 2. The van der Waals surface area contributed by atoms with E-state index in [1.165, 1.54) is 11.3 Å². The molecule has 0 atom stereocenters. The van der Waals surface area contributed by atoms with Crippen LogP contribution in [0.5, 0.6) is 0 Å². The Hall–Kier alpha value is -0.870. The number of nitrogens with two attached hydrogens (primary N) is 1. The molecule has 104 valence electrons. The van der Waals surface area contributed by atoms with Crippen LogP contribution in [0.3, 0.4) is 0 Å². The van der Waals surface area contributed by atoms with Gasteiger partial charge in [-0.1, -0.05) is 24.7 Å². The summed E-state index contributed by atoms with van der Waals surface area (Å²) in [4.78, 5) is 0.947. The highest BCUT2D eigenvalue weighted by Gasteiger charge is 2.28. The molecular weight excluding hydrogens is 280 g/mol. The van der Waals surface area contributed by atoms with Crippen LogP contribution in [0.1, 0.15) is 36.1 Å². The van der Waals surface area contributed by atoms with Crippen LogP contribution in [0.2, 0.25) is 0 Å². The maximum Gasteiger partial charge on any atom is 0.214 e. The third-order valence-electron chi connectivity index (χ3n) is 3.25. The van der Waals surface area contributed by atoms with Gasteiger partial charge in [-0.3, -0.25) is 0 Å². The highest BCUT2D eigenvalue weighted by molar-refractivity contribution is 7.90. The normalized spacial score (nSPS) is 16.3. The molecule has 1 heterocycles. The molecule has 0 aromatic carbocycles. The molecule has 0 spiro atoms. The first-order valence-electron chi connectivity index (χ1n) is 6.37. The molecule has 2 rings (SSSR count). The second-order valence-corrected chi connectivity index (χ2v) is 7.58. The zero-order valence-corrected chi connectivity index (χ0v) is 12.3. The van der Waals surface area contributed by atoms with Crippen molar-refractivity contribution in [1.29, 1.82) is 0 Å². The maximum absolute atomic E-state index is 12.1. The van der Waals surface area contributed by atoms with Gasteiger partial charge in [0.2, 0.25) is 10.0 Å². The van der Waals surface area contributed by atoms with Crippen molar-refractivity contribution in [3.8, 4) is 11.8 Å². The number of thiophene rings is 1. The van der Waals surface area contributed by atoms with E-state index in [9.17, 15) is 8.42 Å². The van der Waals surface area contributed by atoms with Crippen molar-refractivity contribution in [3.63, 3.8) is 0 Å². The molecule has 1 aromatic rings. The number of nitrogens with one attached hydrogen (secondary N) is 1. The Morgan fingerprint density at radius 1 is 1.42 bits per heavy atom. The van der Waals surface area contributed by atoms with Crippen LogP contribution in [0, 0.1) is 11.8 Å². The second kappa shape index (κ2) is 6.53. The Bertz CT molecular complexity index is 575. The van der Waals surface area contributed by atoms with Gasteiger partial charge in [0, 0.05) is 17.0 Å². The molecule has 1 aromatic heterocycles. The van der Waals surface area contributed by atoms with Gasteiger partial charge in [0.25, 0.3) is 0 Å². The van der Waals surface area contributed by atoms with Crippen LogP contribution in [-0.4, -0.2) is 20.2 Å². The Kier molecular flexibility index (Phi) is 4.99. The number of sulfonamides is 1. The summed E-state index contributed by atoms with van der Waals surface area (Å²) in [5, 5.41) is 1.70. The zero-order chi connectivity index (χ0) is 13.7. The molecule has 1 fully saturated rings. The molecule has 19 heavy (non-hydrogen) atoms. The lowest BCUT2D eigenvalue weighted by molar-refractivity contribution is 0.565. The van der Waals surface area contributed by atoms with Crippen LogP contribution < -0.4 is 10.5 Å². The third-order valence-corrected chi connectivity index (χ3v) is 6.06. The van der Waals surface area contributed by atoms with Crippen LogP contribution in [0.4, 0.5) is 0 Å². The standard InChI is InChI=1S/C13H18N2O2S2/c14-8-3-4-11-7-9-18-13(11)10-15-19(16,17)12-5-1-2-6-12/h7,9,12,15H,1-2,5-6,8,10,14H2. The fourth-order valence-electron chi connectivity index (χ4n) is 2.22. The fourth-order valence-corrected chi connectivity index (χ4v) is 4.61. The Morgan fingerprint density at radius 3 is 2.84 bits per heavy atom. The van der Waals surface area contributed by atoms with Crippen molar-refractivity contribution < 1.29 is 8.42 Å². The number of hydrogen-bond acceptors (Lipinski definition) is 4. The lowest BCUT2D eigenvalue weighted by Crippen LogP contribution is -2.32. The fraction of sp³-hybridized carbons (Fsp3) is 0.538. The van der Waals surface area contributed by atoms with Crippen molar-refractivity contribution in [3.05, 3.63) is 21.9 Å². The summed E-state index contributed by atoms with van der Waals surface area (Å²) < 4.78 is 26.9. The largest absolute Gasteiger partial charge is 0.320 e. The maximum atomic E-state index is 12.1. The topological polar surface area (TPSA) is 72.2 Å². The summed E-state index contributed by atoms with van der Waals surface area (Å²) in [6.45, 7) is 0.633. The Balaban J connectivity index is 2.00. The van der Waals surface area contributed by atoms with E-state index in [0.717, 1.165) is 36.1 Å². The van der Waals surface area contributed by atoms with Gasteiger partial charge in [-0.05, 0) is 24.3 Å². The van der Waals surface area contributed by atoms with Gasteiger partial charge in [-0.15, -0.1) is 11.3 Å². The molecule has 0 amide bonds. The molecule has 4 nitrogen and oxygen atoms in total. The highest BCUT2D eigenvalue weighted by Crippen LogP contribution is 2.24. The third kappa shape index (κ3) is 3.80. The molecule has 3 N–H and O–H groups in total. The minimum absolute atomic E-state index is 0.217. The predicted octanol–water partition coefficient (Wildman–Crippen LogP) is 1.42. The average Bonchev–Trinajstić information content (AvgIpc) is 3.05. The quantitative estimate of drug-likeness (QED) is 0.826. The summed E-state index contributed by atoms with van der Waals surface area (Å²) >= 11 is 1.51. The first-order chi connectivity index (χ1) is 9.13. The monoisotopic (exact) mass is 298 g/mol. The van der Waals surface area contributed by atoms with Crippen molar-refractivity contribution in [2.75, 3.05) is 6.54 Å². The molecule has 0 saturated heterocycles. The summed E-state index contributed by atoms with van der Waals surface area (Å²) in [7, 11) is -3.19. The first kappa shape index (κ1) is 14.5. The molecular formula is C13H18N2O2S2. The molecule has 0 bridgehead atoms. The second-order valence-electron chi connectivity index (χ2n) is 4.54. The van der Waals surface area contributed by atoms with Crippen LogP contribution in [-0.2, 0) is 16.6 Å². The van der Waals surface area contributed by atoms with E-state index >= 15 is 0 Å². The summed E-state index contributed by atoms with van der Waals surface area (Å²) in [6, 6.07) is 1.90. The van der Waals surface area contributed by atoms with E-state index in [0.29, 0.717) is 13.1 Å². The molecule has 1 saturated carbocycles. The Morgan fingerprint density at radius 2 is 2.16 bits per heavy atom. The van der Waals surface area contributed by atoms with Crippen molar-refractivity contribution >= 4 is 21.4 Å². The van der Waals surface area contributed by atoms with Crippen molar-refractivity contribution in [1.82, 2.24) is 4.72 Å². The predicted molar refractivity (Wildman–Crippen MR) is 78.3 cm³/mol. The van der Waals surface area contributed by atoms with Gasteiger partial charge in [0.1, 0.15) is 0 Å². The van der Waals surface area contributed by atoms with Crippen LogP contribution in [0.25, 0.3) is 0 Å². The van der Waals surface area contributed by atoms with E-state index in [-0.39, 0.29) is 5.25 Å². The summed E-state index contributed by atoms with van der Waals surface area (Å²) in [6.07, 6.45) is 3.58. The van der Waals surface area contributed by atoms with Gasteiger partial charge in [0.05, 0.1) is 11.8 Å². The van der Waals surface area contributed by atoms with E-state index in [4.69, 9.17) is 5.73 Å². The first-order valence-corrected chi connectivity index (χ1v) is 8.80. The molecule has 0 unspecified atom stereocenters. The minimum Gasteiger partial charge on any atom is -0.320 e. The average molecular weight is 298 g/mol. The molecule has 1 aliphatic rings. The molecule has 6 heteroatoms. The van der Waals surface area contributed by atoms with Gasteiger partial charge < -0.3 is 5.73 Å². The van der Waals surface area contributed by atoms with Crippen molar-refractivity contribution in [2.45, 2.75) is 37.5 Å². The van der Waals surface area contributed by atoms with E-state index in [1.54, 1.807) is 0 Å². The van der Waals surface area contributed by atoms with Gasteiger partial charge >= 0.3 is 0 Å². The Labute approximate surface area is 118 Å². The van der Waals surface area contributed by atoms with Gasteiger partial charge in [-0.2, -0.15) is 0 Å². The van der Waals surface area contributed by atoms with Gasteiger partial charge in [-0.25, -0.2) is 13.1 Å². The lowest BCUT2D eigenvalue weighted by Gasteiger charge is -2.11. The lowest BCUT2D eigenvalue weighted by atomic mass is 10.2. The molecule has 1 aliphatic carbocycles. The van der Waals surface area contributed by atoms with Crippen LogP contribution >= 0.6 is 11.3 Å². The van der Waals surface area contributed by atoms with E-state index < -0.39 is 10.0 Å². The summed E-state index contributed by atoms with van der Waals surface area (Å²) in [5.41, 5.74) is 6.20. The van der Waals surface area contributed by atoms with E-state index in [2.05, 4.69) is 16.6 Å². The summed E-state index contributed by atoms with van der Waals surface area (Å²) in [5.74, 6) is 5.75. The number of rotatable bonds is 4. The van der Waals surface area contributed by atoms with Crippen LogP contribution in [0.15, 0.2) is 11.4 Å². The smallest absolute Gasteiger partial charge is 0.214 e.